The van der Waals surface area contributed by atoms with Crippen LogP contribution in [-0.4, -0.2) is 35.0 Å². The summed E-state index contributed by atoms with van der Waals surface area (Å²) in [7, 11) is 0. The molecule has 1 amide bonds. The number of aromatic amines is 1. The molecule has 1 atom stereocenters. The summed E-state index contributed by atoms with van der Waals surface area (Å²) in [5.41, 5.74) is 0.0932. The summed E-state index contributed by atoms with van der Waals surface area (Å²) in [4.78, 5) is 17.2. The molecule has 0 aliphatic carbocycles. The zero-order valence-corrected chi connectivity index (χ0v) is 18.9. The van der Waals surface area contributed by atoms with Gasteiger partial charge in [0.15, 0.2) is 5.49 Å². The number of H-pyrrole nitrogens is 1. The molecule has 6 nitrogen and oxygen atoms in total. The number of nitrogens with zero attached hydrogens (tertiary/aromatic N) is 2. The molecule has 2 heterocycles. The highest BCUT2D eigenvalue weighted by Gasteiger charge is 2.32. The molecule has 1 aliphatic heterocycles. The van der Waals surface area contributed by atoms with Gasteiger partial charge in [-0.3, -0.25) is 9.48 Å². The summed E-state index contributed by atoms with van der Waals surface area (Å²) in [5.74, 6) is -0.715. The lowest BCUT2D eigenvalue weighted by Crippen LogP contribution is -2.26. The Bertz CT molecular complexity index is 1010. The lowest BCUT2D eigenvalue weighted by Gasteiger charge is -2.16. The zero-order chi connectivity index (χ0) is 23.5. The summed E-state index contributed by atoms with van der Waals surface area (Å²) in [6.45, 7) is 9.37. The SMILES string of the molecule is CCOc1ccc(C(F)(F)F)cc1C(=O)N=c1cc(CC(C)(C)C)[nH]n1C[C@H]1CCCO1. The molecular weight excluding hydrogens is 423 g/mol. The lowest BCUT2D eigenvalue weighted by molar-refractivity contribution is -0.137. The van der Waals surface area contributed by atoms with Gasteiger partial charge in [-0.2, -0.15) is 18.2 Å². The number of amides is 1. The molecule has 1 fully saturated rings. The van der Waals surface area contributed by atoms with Crippen LogP contribution in [0.5, 0.6) is 5.75 Å². The molecule has 1 saturated heterocycles. The van der Waals surface area contributed by atoms with Crippen LogP contribution in [0.3, 0.4) is 0 Å². The van der Waals surface area contributed by atoms with Gasteiger partial charge >= 0.3 is 6.18 Å². The molecule has 32 heavy (non-hydrogen) atoms. The molecule has 0 radical (unpaired) electrons. The highest BCUT2D eigenvalue weighted by molar-refractivity contribution is 5.97. The van der Waals surface area contributed by atoms with Crippen LogP contribution in [0.1, 0.15) is 62.2 Å². The molecule has 1 N–H and O–H groups in total. The summed E-state index contributed by atoms with van der Waals surface area (Å²) < 4.78 is 52.5. The van der Waals surface area contributed by atoms with Crippen molar-refractivity contribution in [1.82, 2.24) is 9.78 Å². The van der Waals surface area contributed by atoms with E-state index in [1.54, 1.807) is 17.7 Å². The number of rotatable bonds is 6. The van der Waals surface area contributed by atoms with Crippen LogP contribution in [0.2, 0.25) is 0 Å². The largest absolute Gasteiger partial charge is 0.493 e. The molecule has 9 heteroatoms. The van der Waals surface area contributed by atoms with Gasteiger partial charge < -0.3 is 14.6 Å². The Morgan fingerprint density at radius 2 is 2.03 bits per heavy atom. The zero-order valence-electron chi connectivity index (χ0n) is 18.9. The molecule has 0 bridgehead atoms. The van der Waals surface area contributed by atoms with Gasteiger partial charge in [-0.15, -0.1) is 0 Å². The van der Waals surface area contributed by atoms with Gasteiger partial charge in [0.25, 0.3) is 5.91 Å². The summed E-state index contributed by atoms with van der Waals surface area (Å²) in [6.07, 6.45) is -1.99. The van der Waals surface area contributed by atoms with E-state index in [-0.39, 0.29) is 29.4 Å². The monoisotopic (exact) mass is 453 g/mol. The molecule has 0 spiro atoms. The number of carbonyl (C=O) groups is 1. The minimum atomic E-state index is -4.58. The van der Waals surface area contributed by atoms with E-state index in [0.717, 1.165) is 43.2 Å². The van der Waals surface area contributed by atoms with E-state index in [1.165, 1.54) is 0 Å². The van der Waals surface area contributed by atoms with E-state index in [1.807, 2.05) is 0 Å². The first-order valence-electron chi connectivity index (χ1n) is 10.8. The number of hydrogen-bond acceptors (Lipinski definition) is 3. The molecule has 0 unspecified atom stereocenters. The molecule has 176 valence electrons. The summed E-state index contributed by atoms with van der Waals surface area (Å²) >= 11 is 0. The van der Waals surface area contributed by atoms with E-state index < -0.39 is 17.6 Å². The maximum Gasteiger partial charge on any atom is 0.416 e. The van der Waals surface area contributed by atoms with Crippen LogP contribution in [0.25, 0.3) is 0 Å². The Labute approximate surface area is 185 Å². The Hall–Kier alpha value is -2.55. The van der Waals surface area contributed by atoms with Gasteiger partial charge in [0, 0.05) is 18.4 Å². The average molecular weight is 454 g/mol. The Morgan fingerprint density at radius 1 is 1.28 bits per heavy atom. The topological polar surface area (TPSA) is 68.6 Å². The predicted octanol–water partition coefficient (Wildman–Crippen LogP) is 4.74. The van der Waals surface area contributed by atoms with Crippen LogP contribution in [0.15, 0.2) is 29.3 Å². The van der Waals surface area contributed by atoms with E-state index >= 15 is 0 Å². The smallest absolute Gasteiger partial charge is 0.416 e. The summed E-state index contributed by atoms with van der Waals surface area (Å²) in [5, 5.41) is 3.28. The van der Waals surface area contributed by atoms with Crippen LogP contribution in [0, 0.1) is 5.41 Å². The highest BCUT2D eigenvalue weighted by Crippen LogP contribution is 2.33. The fourth-order valence-electron chi connectivity index (χ4n) is 3.70. The van der Waals surface area contributed by atoms with Crippen molar-refractivity contribution in [2.45, 2.75) is 65.8 Å². The van der Waals surface area contributed by atoms with Crippen molar-refractivity contribution in [3.63, 3.8) is 0 Å². The number of ether oxygens (including phenoxy) is 2. The van der Waals surface area contributed by atoms with Gasteiger partial charge in [-0.1, -0.05) is 20.8 Å². The fourth-order valence-corrected chi connectivity index (χ4v) is 3.70. The number of aromatic nitrogens is 2. The number of benzene rings is 1. The molecule has 2 aromatic rings. The molecule has 1 aliphatic rings. The fraction of sp³-hybridized carbons (Fsp3) is 0.565. The van der Waals surface area contributed by atoms with E-state index in [2.05, 4.69) is 30.9 Å². The first-order valence-corrected chi connectivity index (χ1v) is 10.8. The van der Waals surface area contributed by atoms with Crippen LogP contribution in [0.4, 0.5) is 13.2 Å². The van der Waals surface area contributed by atoms with Gasteiger partial charge in [0.2, 0.25) is 0 Å². The molecule has 3 rings (SSSR count). The number of nitrogens with one attached hydrogen (secondary N) is 1. The van der Waals surface area contributed by atoms with Crippen LogP contribution >= 0.6 is 0 Å². The minimum absolute atomic E-state index is 0.00210. The normalized spacial score (nSPS) is 17.7. The number of carbonyl (C=O) groups excluding carboxylic acids is 1. The lowest BCUT2D eigenvalue weighted by atomic mass is 9.91. The van der Waals surface area contributed by atoms with E-state index in [0.29, 0.717) is 18.6 Å². The Morgan fingerprint density at radius 3 is 2.62 bits per heavy atom. The Balaban J connectivity index is 2.02. The Kier molecular flexibility index (Phi) is 7.17. The van der Waals surface area contributed by atoms with Crippen LogP contribution < -0.4 is 10.2 Å². The number of hydrogen-bond donors (Lipinski definition) is 1. The third-order valence-corrected chi connectivity index (χ3v) is 5.04. The average Bonchev–Trinajstić information content (AvgIpc) is 3.30. The predicted molar refractivity (Wildman–Crippen MR) is 113 cm³/mol. The first-order chi connectivity index (χ1) is 15.0. The third-order valence-electron chi connectivity index (χ3n) is 5.04. The van der Waals surface area contributed by atoms with Gasteiger partial charge in [-0.05, 0) is 49.8 Å². The highest BCUT2D eigenvalue weighted by atomic mass is 19.4. The molecule has 1 aromatic heterocycles. The second kappa shape index (κ2) is 9.52. The number of alkyl halides is 3. The van der Waals surface area contributed by atoms with E-state index in [9.17, 15) is 18.0 Å². The summed E-state index contributed by atoms with van der Waals surface area (Å²) in [6, 6.07) is 4.63. The maximum atomic E-state index is 13.2. The second-order valence-electron chi connectivity index (χ2n) is 9.18. The van der Waals surface area contributed by atoms with Crippen LogP contribution in [-0.2, 0) is 23.9 Å². The van der Waals surface area contributed by atoms with Crippen molar-refractivity contribution in [3.05, 3.63) is 46.6 Å². The van der Waals surface area contributed by atoms with Crippen molar-refractivity contribution in [2.75, 3.05) is 13.2 Å². The van der Waals surface area contributed by atoms with Gasteiger partial charge in [0.1, 0.15) is 5.75 Å². The standard InChI is InChI=1S/C23H30F3N3O3/c1-5-31-19-9-8-15(23(24,25)26)11-18(19)21(30)27-20-12-16(13-22(2,3)4)28-29(20)14-17-7-6-10-32-17/h8-9,11-12,17,28H,5-7,10,13-14H2,1-4H3/t17-/m1/s1. The second-order valence-corrected chi connectivity index (χ2v) is 9.18. The maximum absolute atomic E-state index is 13.2. The minimum Gasteiger partial charge on any atom is -0.493 e. The van der Waals surface area contributed by atoms with Crippen molar-refractivity contribution >= 4 is 5.91 Å². The third kappa shape index (κ3) is 6.25. The van der Waals surface area contributed by atoms with Crippen molar-refractivity contribution in [2.24, 2.45) is 10.4 Å². The van der Waals surface area contributed by atoms with Crippen molar-refractivity contribution in [1.29, 1.82) is 0 Å². The molecule has 0 saturated carbocycles. The molecule has 1 aromatic carbocycles. The van der Waals surface area contributed by atoms with E-state index in [4.69, 9.17) is 9.47 Å². The quantitative estimate of drug-likeness (QED) is 0.687. The van der Waals surface area contributed by atoms with Gasteiger partial charge in [-0.25, -0.2) is 0 Å². The molecular formula is C23H30F3N3O3. The van der Waals surface area contributed by atoms with Crippen molar-refractivity contribution < 1.29 is 27.4 Å². The van der Waals surface area contributed by atoms with Gasteiger partial charge in [0.05, 0.1) is 30.4 Å². The first kappa shape index (κ1) is 24.1. The number of halogens is 3. The van der Waals surface area contributed by atoms with Crippen molar-refractivity contribution in [3.8, 4) is 5.75 Å².